The van der Waals surface area contributed by atoms with Crippen molar-refractivity contribution in [3.8, 4) is 0 Å². The van der Waals surface area contributed by atoms with E-state index in [1.165, 1.54) is 44.9 Å². The molecule has 0 aliphatic heterocycles. The zero-order valence-electron chi connectivity index (χ0n) is 22.9. The highest BCUT2D eigenvalue weighted by molar-refractivity contribution is 5.66. The van der Waals surface area contributed by atoms with Crippen molar-refractivity contribution in [1.82, 2.24) is 0 Å². The van der Waals surface area contributed by atoms with E-state index < -0.39 is 0 Å². The van der Waals surface area contributed by atoms with Crippen LogP contribution in [0.3, 0.4) is 0 Å². The van der Waals surface area contributed by atoms with E-state index in [2.05, 4.69) is 54.5 Å². The maximum absolute atomic E-state index is 11.7. The normalized spacial score (nSPS) is 44.0. The summed E-state index contributed by atoms with van der Waals surface area (Å²) in [6.07, 6.45) is 14.4. The van der Waals surface area contributed by atoms with Crippen molar-refractivity contribution in [3.05, 3.63) is 22.8 Å². The Kier molecular flexibility index (Phi) is 6.73. The van der Waals surface area contributed by atoms with Gasteiger partial charge in [-0.3, -0.25) is 4.79 Å². The molecule has 4 aliphatic carbocycles. The second kappa shape index (κ2) is 8.87. The summed E-state index contributed by atoms with van der Waals surface area (Å²) in [5.41, 5.74) is 5.90. The third-order valence-corrected chi connectivity index (χ3v) is 11.5. The lowest BCUT2D eigenvalue weighted by Crippen LogP contribution is -2.58. The topological polar surface area (TPSA) is 26.3 Å². The number of carbonyl (C=O) groups is 1. The number of esters is 1. The third-order valence-electron chi connectivity index (χ3n) is 11.5. The van der Waals surface area contributed by atoms with Crippen molar-refractivity contribution in [1.29, 1.82) is 0 Å². The van der Waals surface area contributed by atoms with E-state index in [0.29, 0.717) is 29.3 Å². The van der Waals surface area contributed by atoms with Crippen molar-refractivity contribution in [2.45, 2.75) is 113 Å². The molecule has 0 aromatic carbocycles. The highest BCUT2D eigenvalue weighted by Crippen LogP contribution is 2.73. The van der Waals surface area contributed by atoms with Crippen molar-refractivity contribution in [2.75, 3.05) is 6.61 Å². The van der Waals surface area contributed by atoms with Crippen molar-refractivity contribution in [3.63, 3.8) is 0 Å². The summed E-state index contributed by atoms with van der Waals surface area (Å²) in [5.74, 6) is 3.41. The molecule has 33 heavy (non-hydrogen) atoms. The van der Waals surface area contributed by atoms with Gasteiger partial charge in [-0.05, 0) is 102 Å². The highest BCUT2D eigenvalue weighted by atomic mass is 16.5. The Morgan fingerprint density at radius 3 is 2.42 bits per heavy atom. The van der Waals surface area contributed by atoms with E-state index in [-0.39, 0.29) is 11.4 Å². The quantitative estimate of drug-likeness (QED) is 0.389. The minimum Gasteiger partial charge on any atom is -0.465 e. The molecule has 0 aromatic rings. The molecule has 0 aromatic heterocycles. The second-order valence-electron chi connectivity index (χ2n) is 13.0. The van der Waals surface area contributed by atoms with Gasteiger partial charge in [0.1, 0.15) is 0 Å². The van der Waals surface area contributed by atoms with E-state index in [0.717, 1.165) is 30.6 Å². The van der Waals surface area contributed by atoms with Gasteiger partial charge in [0.2, 0.25) is 0 Å². The summed E-state index contributed by atoms with van der Waals surface area (Å²) in [5, 5.41) is 0. The van der Waals surface area contributed by atoms with Gasteiger partial charge in [0.15, 0.2) is 0 Å². The molecule has 186 valence electrons. The fourth-order valence-corrected chi connectivity index (χ4v) is 9.61. The van der Waals surface area contributed by atoms with Gasteiger partial charge in [0.25, 0.3) is 0 Å². The zero-order chi connectivity index (χ0) is 24.2. The fraction of sp³-hybridized carbons (Fsp3) is 0.839. The predicted molar refractivity (Wildman–Crippen MR) is 138 cm³/mol. The predicted octanol–water partition coefficient (Wildman–Crippen LogP) is 8.52. The third kappa shape index (κ3) is 3.68. The SMILES string of the molecule is CC/C(=C1/C2=CCC3C4(C)CCC(CC)C4CCC3(C)[C@]2(C)CCC1COC(C)=O)C(C)C. The molecular formula is C31H50O2. The van der Waals surface area contributed by atoms with Crippen LogP contribution in [0.15, 0.2) is 22.8 Å². The van der Waals surface area contributed by atoms with Crippen molar-refractivity contribution in [2.24, 2.45) is 45.8 Å². The first-order chi connectivity index (χ1) is 15.5. The van der Waals surface area contributed by atoms with Crippen molar-refractivity contribution >= 4 is 5.97 Å². The van der Waals surface area contributed by atoms with Crippen LogP contribution in [0.4, 0.5) is 0 Å². The summed E-state index contributed by atoms with van der Waals surface area (Å²) in [7, 11) is 0. The Labute approximate surface area is 204 Å². The van der Waals surface area contributed by atoms with Crippen LogP contribution in [0.5, 0.6) is 0 Å². The minimum absolute atomic E-state index is 0.145. The number of ether oxygens (including phenoxy) is 1. The van der Waals surface area contributed by atoms with Crippen LogP contribution in [0.25, 0.3) is 0 Å². The van der Waals surface area contributed by atoms with Gasteiger partial charge in [-0.15, -0.1) is 0 Å². The van der Waals surface area contributed by atoms with E-state index >= 15 is 0 Å². The molecule has 7 atom stereocenters. The molecule has 3 fully saturated rings. The number of hydrogen-bond acceptors (Lipinski definition) is 2. The molecule has 0 radical (unpaired) electrons. The molecule has 0 saturated heterocycles. The van der Waals surface area contributed by atoms with Gasteiger partial charge >= 0.3 is 5.97 Å². The molecule has 0 amide bonds. The molecule has 0 heterocycles. The number of hydrogen-bond donors (Lipinski definition) is 0. The largest absolute Gasteiger partial charge is 0.465 e. The van der Waals surface area contributed by atoms with Gasteiger partial charge in [0, 0.05) is 12.8 Å². The summed E-state index contributed by atoms with van der Waals surface area (Å²) >= 11 is 0. The molecule has 0 N–H and O–H groups in total. The molecule has 0 spiro atoms. The zero-order valence-corrected chi connectivity index (χ0v) is 22.9. The first-order valence-electron chi connectivity index (χ1n) is 14.1. The second-order valence-corrected chi connectivity index (χ2v) is 13.0. The molecule has 2 nitrogen and oxygen atoms in total. The Balaban J connectivity index is 1.80. The van der Waals surface area contributed by atoms with Gasteiger partial charge in [-0.25, -0.2) is 0 Å². The highest BCUT2D eigenvalue weighted by Gasteiger charge is 2.65. The smallest absolute Gasteiger partial charge is 0.302 e. The molecule has 2 heteroatoms. The maximum atomic E-state index is 11.7. The molecule has 6 unspecified atom stereocenters. The van der Waals surface area contributed by atoms with Crippen molar-refractivity contribution < 1.29 is 9.53 Å². The Morgan fingerprint density at radius 1 is 1.09 bits per heavy atom. The lowest BCUT2D eigenvalue weighted by molar-refractivity contribution is -0.143. The minimum atomic E-state index is -0.145. The average molecular weight is 455 g/mol. The lowest BCUT2D eigenvalue weighted by Gasteiger charge is -2.65. The summed E-state index contributed by atoms with van der Waals surface area (Å²) in [6, 6.07) is 0. The van der Waals surface area contributed by atoms with Crippen LogP contribution in [-0.2, 0) is 9.53 Å². The molecular weight excluding hydrogens is 404 g/mol. The van der Waals surface area contributed by atoms with Gasteiger partial charge in [-0.2, -0.15) is 0 Å². The van der Waals surface area contributed by atoms with E-state index in [1.807, 2.05) is 0 Å². The molecule has 3 saturated carbocycles. The maximum Gasteiger partial charge on any atom is 0.302 e. The first-order valence-corrected chi connectivity index (χ1v) is 14.1. The summed E-state index contributed by atoms with van der Waals surface area (Å²) < 4.78 is 5.63. The van der Waals surface area contributed by atoms with Gasteiger partial charge in [-0.1, -0.05) is 66.5 Å². The van der Waals surface area contributed by atoms with E-state index in [4.69, 9.17) is 4.74 Å². The number of carbonyl (C=O) groups excluding carboxylic acids is 1. The first kappa shape index (κ1) is 25.1. The van der Waals surface area contributed by atoms with Crippen LogP contribution in [0, 0.1) is 45.8 Å². The lowest BCUT2D eigenvalue weighted by atomic mass is 9.39. The Bertz CT molecular complexity index is 834. The van der Waals surface area contributed by atoms with Gasteiger partial charge < -0.3 is 4.74 Å². The van der Waals surface area contributed by atoms with E-state index in [9.17, 15) is 4.79 Å². The monoisotopic (exact) mass is 454 g/mol. The van der Waals surface area contributed by atoms with E-state index in [1.54, 1.807) is 23.6 Å². The standard InChI is InChI=1S/C31H50O2/c1-9-22-13-16-29(6)25(22)15-18-31(8)27(29)12-11-26-28(24(10-2)20(3)4)23(19-33-21(5)32)14-17-30(26,31)7/h11,20,22-23,25,27H,9-10,12-19H2,1-8H3/b28-24-/t22?,23?,25?,27?,29?,30-,31?/m1/s1. The fourth-order valence-electron chi connectivity index (χ4n) is 9.61. The van der Waals surface area contributed by atoms with Crippen LogP contribution in [-0.4, -0.2) is 12.6 Å². The van der Waals surface area contributed by atoms with Gasteiger partial charge in [0.05, 0.1) is 6.61 Å². The average Bonchev–Trinajstić information content (AvgIpc) is 3.10. The summed E-state index contributed by atoms with van der Waals surface area (Å²) in [4.78, 5) is 11.7. The Morgan fingerprint density at radius 2 is 1.82 bits per heavy atom. The molecule has 4 rings (SSSR count). The molecule has 4 aliphatic rings. The Hall–Kier alpha value is -1.05. The number of fused-ring (bicyclic) bond motifs is 5. The molecule has 0 bridgehead atoms. The van der Waals surface area contributed by atoms with Crippen LogP contribution in [0.2, 0.25) is 0 Å². The van der Waals surface area contributed by atoms with Crippen LogP contribution in [0.1, 0.15) is 113 Å². The number of allylic oxidation sites excluding steroid dienone is 3. The van der Waals surface area contributed by atoms with Crippen LogP contribution < -0.4 is 0 Å². The van der Waals surface area contributed by atoms with Crippen LogP contribution >= 0.6 is 0 Å². The summed E-state index contributed by atoms with van der Waals surface area (Å²) in [6.45, 7) is 19.5. The number of rotatable bonds is 5.